The minimum atomic E-state index is -3.41. The van der Waals surface area contributed by atoms with Crippen molar-refractivity contribution in [2.24, 2.45) is 0 Å². The van der Waals surface area contributed by atoms with Crippen LogP contribution in [0.3, 0.4) is 0 Å². The Balaban J connectivity index is 2.08. The van der Waals surface area contributed by atoms with E-state index in [9.17, 15) is 22.0 Å². The number of nitrogens with one attached hydrogen (secondary N) is 1. The minimum Gasteiger partial charge on any atom is -0.434 e. The van der Waals surface area contributed by atoms with Crippen molar-refractivity contribution in [1.29, 1.82) is 0 Å². The van der Waals surface area contributed by atoms with Crippen molar-refractivity contribution >= 4 is 15.7 Å². The normalized spacial score (nSPS) is 11.6. The highest BCUT2D eigenvalue weighted by molar-refractivity contribution is 7.92. The third kappa shape index (κ3) is 4.78. The number of benzene rings is 2. The molecule has 0 fully saturated rings. The Morgan fingerprint density at radius 1 is 1.08 bits per heavy atom. The summed E-state index contributed by atoms with van der Waals surface area (Å²) in [7, 11) is -3.41. The monoisotopic (exact) mass is 383 g/mol. The fourth-order valence-corrected chi connectivity index (χ4v) is 3.27. The molecule has 140 valence electrons. The smallest absolute Gasteiger partial charge is 0.387 e. The number of halogens is 2. The average molecular weight is 383 g/mol. The van der Waals surface area contributed by atoms with E-state index in [2.05, 4.69) is 10.1 Å². The van der Waals surface area contributed by atoms with Crippen LogP contribution in [-0.4, -0.2) is 26.2 Å². The van der Waals surface area contributed by atoms with Crippen LogP contribution in [0.25, 0.3) is 0 Å². The summed E-state index contributed by atoms with van der Waals surface area (Å²) < 4.78 is 53.3. The fourth-order valence-electron chi connectivity index (χ4n) is 2.21. The van der Waals surface area contributed by atoms with Crippen LogP contribution < -0.4 is 10.1 Å². The highest BCUT2D eigenvalue weighted by atomic mass is 32.2. The average Bonchev–Trinajstić information content (AvgIpc) is 2.60. The van der Waals surface area contributed by atoms with Gasteiger partial charge < -0.3 is 10.1 Å². The Morgan fingerprint density at radius 3 is 2.27 bits per heavy atom. The van der Waals surface area contributed by atoms with Crippen LogP contribution in [0.5, 0.6) is 5.75 Å². The second-order valence-corrected chi connectivity index (χ2v) is 8.29. The van der Waals surface area contributed by atoms with E-state index in [-0.39, 0.29) is 22.8 Å². The Kier molecular flexibility index (Phi) is 6.31. The lowest BCUT2D eigenvalue weighted by Gasteiger charge is -2.12. The molecule has 26 heavy (non-hydrogen) atoms. The molecule has 0 unspecified atom stereocenters. The highest BCUT2D eigenvalue weighted by Gasteiger charge is 2.19. The summed E-state index contributed by atoms with van der Waals surface area (Å²) >= 11 is 0. The van der Waals surface area contributed by atoms with Gasteiger partial charge in [0.2, 0.25) is 0 Å². The number of para-hydroxylation sites is 1. The van der Waals surface area contributed by atoms with Gasteiger partial charge in [-0.1, -0.05) is 18.2 Å². The van der Waals surface area contributed by atoms with Gasteiger partial charge in [-0.2, -0.15) is 8.78 Å². The molecule has 8 heteroatoms. The lowest BCUT2D eigenvalue weighted by molar-refractivity contribution is -0.0504. The van der Waals surface area contributed by atoms with Gasteiger partial charge in [0.25, 0.3) is 5.91 Å². The second-order valence-electron chi connectivity index (χ2n) is 5.79. The summed E-state index contributed by atoms with van der Waals surface area (Å²) in [6.07, 6.45) is 0. The van der Waals surface area contributed by atoms with E-state index in [1.54, 1.807) is 32.0 Å². The zero-order chi connectivity index (χ0) is 19.3. The summed E-state index contributed by atoms with van der Waals surface area (Å²) in [6.45, 7) is 0.194. The predicted octanol–water partition coefficient (Wildman–Crippen LogP) is 3.40. The SMILES string of the molecule is CC(C)S(=O)(=O)c1ccc(C(=O)NCc2ccccc2OC(F)F)cc1. The Hall–Kier alpha value is -2.48. The number of carbonyl (C=O) groups is 1. The number of sulfone groups is 1. The van der Waals surface area contributed by atoms with Gasteiger partial charge in [0.1, 0.15) is 5.75 Å². The van der Waals surface area contributed by atoms with E-state index in [1.807, 2.05) is 0 Å². The van der Waals surface area contributed by atoms with E-state index in [1.165, 1.54) is 30.3 Å². The molecule has 2 rings (SSSR count). The third-order valence-corrected chi connectivity index (χ3v) is 5.86. The summed E-state index contributed by atoms with van der Waals surface area (Å²) in [5.41, 5.74) is 0.667. The lowest BCUT2D eigenvalue weighted by atomic mass is 10.2. The standard InChI is InChI=1S/C18H19F2NO4S/c1-12(2)26(23,24)15-9-7-13(8-10-15)17(22)21-11-14-5-3-4-6-16(14)25-18(19)20/h3-10,12,18H,11H2,1-2H3,(H,21,22). The third-order valence-electron chi connectivity index (χ3n) is 3.69. The molecule has 0 heterocycles. The van der Waals surface area contributed by atoms with Crippen LogP contribution in [0.1, 0.15) is 29.8 Å². The van der Waals surface area contributed by atoms with Crippen molar-refractivity contribution in [1.82, 2.24) is 5.32 Å². The van der Waals surface area contributed by atoms with E-state index in [4.69, 9.17) is 0 Å². The number of ether oxygens (including phenoxy) is 1. The maximum Gasteiger partial charge on any atom is 0.387 e. The first kappa shape index (κ1) is 19.8. The molecule has 2 aromatic rings. The second kappa shape index (κ2) is 8.27. The molecular weight excluding hydrogens is 364 g/mol. The zero-order valence-corrected chi connectivity index (χ0v) is 15.1. The molecule has 1 N–H and O–H groups in total. The molecule has 2 aromatic carbocycles. The molecular formula is C18H19F2NO4S. The van der Waals surface area contributed by atoms with Crippen LogP contribution in [0.2, 0.25) is 0 Å². The van der Waals surface area contributed by atoms with Crippen LogP contribution in [0.4, 0.5) is 8.78 Å². The van der Waals surface area contributed by atoms with Gasteiger partial charge >= 0.3 is 6.61 Å². The predicted molar refractivity (Wildman–Crippen MR) is 93.0 cm³/mol. The van der Waals surface area contributed by atoms with Gasteiger partial charge in [-0.15, -0.1) is 0 Å². The maximum absolute atomic E-state index is 12.4. The molecule has 0 aliphatic heterocycles. The maximum atomic E-state index is 12.4. The number of amides is 1. The molecule has 0 aliphatic carbocycles. The summed E-state index contributed by atoms with van der Waals surface area (Å²) in [6, 6.07) is 11.7. The highest BCUT2D eigenvalue weighted by Crippen LogP contribution is 2.20. The number of hydrogen-bond donors (Lipinski definition) is 1. The van der Waals surface area contributed by atoms with Crippen LogP contribution in [0.15, 0.2) is 53.4 Å². The van der Waals surface area contributed by atoms with Crippen molar-refractivity contribution in [3.63, 3.8) is 0 Å². The molecule has 0 aromatic heterocycles. The first-order chi connectivity index (χ1) is 12.2. The Labute approximate surface area is 150 Å². The van der Waals surface area contributed by atoms with Crippen molar-refractivity contribution < 1.29 is 26.7 Å². The molecule has 1 amide bonds. The lowest BCUT2D eigenvalue weighted by Crippen LogP contribution is -2.23. The Bertz CT molecular complexity index is 865. The first-order valence-corrected chi connectivity index (χ1v) is 9.41. The summed E-state index contributed by atoms with van der Waals surface area (Å²) in [5.74, 6) is -0.466. The zero-order valence-electron chi connectivity index (χ0n) is 14.3. The summed E-state index contributed by atoms with van der Waals surface area (Å²) in [5, 5.41) is 2.04. The van der Waals surface area contributed by atoms with Crippen LogP contribution in [-0.2, 0) is 16.4 Å². The van der Waals surface area contributed by atoms with E-state index in [0.29, 0.717) is 5.56 Å². The molecule has 0 aliphatic rings. The molecule has 0 atom stereocenters. The van der Waals surface area contributed by atoms with Gasteiger partial charge in [0.15, 0.2) is 9.84 Å². The topological polar surface area (TPSA) is 72.5 Å². The van der Waals surface area contributed by atoms with Crippen molar-refractivity contribution in [3.05, 3.63) is 59.7 Å². The molecule has 0 bridgehead atoms. The van der Waals surface area contributed by atoms with Crippen molar-refractivity contribution in [2.45, 2.75) is 37.1 Å². The van der Waals surface area contributed by atoms with E-state index in [0.717, 1.165) is 0 Å². The molecule has 0 spiro atoms. The van der Waals surface area contributed by atoms with Crippen molar-refractivity contribution in [3.8, 4) is 5.75 Å². The quantitative estimate of drug-likeness (QED) is 0.795. The summed E-state index contributed by atoms with van der Waals surface area (Å²) in [4.78, 5) is 12.3. The molecule has 5 nitrogen and oxygen atoms in total. The van der Waals surface area contributed by atoms with Gasteiger partial charge in [0.05, 0.1) is 10.1 Å². The van der Waals surface area contributed by atoms with Gasteiger partial charge in [0, 0.05) is 17.7 Å². The van der Waals surface area contributed by atoms with Crippen molar-refractivity contribution in [2.75, 3.05) is 0 Å². The largest absolute Gasteiger partial charge is 0.434 e. The Morgan fingerprint density at radius 2 is 1.69 bits per heavy atom. The molecule has 0 radical (unpaired) electrons. The fraction of sp³-hybridized carbons (Fsp3) is 0.278. The number of rotatable bonds is 7. The number of hydrogen-bond acceptors (Lipinski definition) is 4. The van der Waals surface area contributed by atoms with E-state index >= 15 is 0 Å². The molecule has 0 saturated carbocycles. The van der Waals surface area contributed by atoms with E-state index < -0.39 is 27.6 Å². The van der Waals surface area contributed by atoms with Gasteiger partial charge in [-0.3, -0.25) is 4.79 Å². The molecule has 0 saturated heterocycles. The number of carbonyl (C=O) groups excluding carboxylic acids is 1. The van der Waals surface area contributed by atoms with Crippen LogP contribution in [0, 0.1) is 0 Å². The minimum absolute atomic E-state index is 0.00618. The number of alkyl halides is 2. The van der Waals surface area contributed by atoms with Gasteiger partial charge in [-0.05, 0) is 44.2 Å². The van der Waals surface area contributed by atoms with Gasteiger partial charge in [-0.25, -0.2) is 8.42 Å². The first-order valence-electron chi connectivity index (χ1n) is 7.86. The van der Waals surface area contributed by atoms with Crippen LogP contribution >= 0.6 is 0 Å².